The summed E-state index contributed by atoms with van der Waals surface area (Å²) in [7, 11) is 0. The largest absolute Gasteiger partial charge is 0.479 e. The third-order valence-electron chi connectivity index (χ3n) is 2.76. The van der Waals surface area contributed by atoms with Crippen LogP contribution in [0.1, 0.15) is 32.6 Å². The van der Waals surface area contributed by atoms with Crippen LogP contribution in [0.5, 0.6) is 0 Å². The van der Waals surface area contributed by atoms with E-state index in [1.165, 1.54) is 6.92 Å². The van der Waals surface area contributed by atoms with Crippen molar-refractivity contribution in [3.63, 3.8) is 0 Å². The van der Waals surface area contributed by atoms with Crippen LogP contribution in [-0.2, 0) is 14.3 Å². The van der Waals surface area contributed by atoms with Crippen LogP contribution in [0, 0.1) is 0 Å². The number of rotatable bonds is 4. The number of hydrogen-bond donors (Lipinski definition) is 1. The minimum absolute atomic E-state index is 0.102. The third-order valence-corrected chi connectivity index (χ3v) is 2.76. The van der Waals surface area contributed by atoms with E-state index >= 15 is 0 Å². The first kappa shape index (κ1) is 13.0. The van der Waals surface area contributed by atoms with Crippen LogP contribution in [0.2, 0.25) is 0 Å². The summed E-state index contributed by atoms with van der Waals surface area (Å²) in [6.07, 6.45) is 3.46. The van der Waals surface area contributed by atoms with Gasteiger partial charge in [0.15, 0.2) is 6.10 Å². The smallest absolute Gasteiger partial charge is 0.332 e. The van der Waals surface area contributed by atoms with E-state index in [0.717, 1.165) is 38.8 Å². The summed E-state index contributed by atoms with van der Waals surface area (Å²) < 4.78 is 4.97. The maximum Gasteiger partial charge on any atom is 0.332 e. The highest BCUT2D eigenvalue weighted by Gasteiger charge is 2.18. The summed E-state index contributed by atoms with van der Waals surface area (Å²) in [5, 5.41) is 8.60. The first-order valence-corrected chi connectivity index (χ1v) is 5.73. The molecule has 0 aliphatic carbocycles. The van der Waals surface area contributed by atoms with E-state index in [1.54, 1.807) is 4.90 Å². The fraction of sp³-hybridized carbons (Fsp3) is 0.818. The zero-order valence-corrected chi connectivity index (χ0v) is 9.65. The molecule has 0 radical (unpaired) electrons. The average Bonchev–Trinajstić information content (AvgIpc) is 2.53. The molecule has 1 aliphatic heterocycles. The lowest BCUT2D eigenvalue weighted by atomic mass is 10.2. The first-order valence-electron chi connectivity index (χ1n) is 5.73. The molecule has 1 fully saturated rings. The number of hydrogen-bond acceptors (Lipinski definition) is 3. The van der Waals surface area contributed by atoms with E-state index < -0.39 is 12.1 Å². The Bertz CT molecular complexity index is 246. The average molecular weight is 229 g/mol. The van der Waals surface area contributed by atoms with Crippen LogP contribution in [0.25, 0.3) is 0 Å². The predicted octanol–water partition coefficient (Wildman–Crippen LogP) is 0.879. The molecule has 92 valence electrons. The van der Waals surface area contributed by atoms with Crippen LogP contribution in [0.3, 0.4) is 0 Å². The summed E-state index contributed by atoms with van der Waals surface area (Å²) in [6, 6.07) is 0. The van der Waals surface area contributed by atoms with Crippen molar-refractivity contribution in [1.29, 1.82) is 0 Å². The quantitative estimate of drug-likeness (QED) is 0.777. The maximum atomic E-state index is 11.7. The van der Waals surface area contributed by atoms with Crippen LogP contribution in [0.15, 0.2) is 0 Å². The molecule has 1 N–H and O–H groups in total. The molecule has 1 saturated heterocycles. The van der Waals surface area contributed by atoms with E-state index in [-0.39, 0.29) is 12.5 Å². The number of carbonyl (C=O) groups excluding carboxylic acids is 1. The molecule has 5 nitrogen and oxygen atoms in total. The lowest BCUT2D eigenvalue weighted by Gasteiger charge is -2.20. The highest BCUT2D eigenvalue weighted by Crippen LogP contribution is 2.09. The molecule has 1 aliphatic rings. The molecule has 16 heavy (non-hydrogen) atoms. The van der Waals surface area contributed by atoms with Crippen molar-refractivity contribution < 1.29 is 19.4 Å². The Morgan fingerprint density at radius 3 is 2.31 bits per heavy atom. The van der Waals surface area contributed by atoms with Crippen molar-refractivity contribution in [3.8, 4) is 0 Å². The van der Waals surface area contributed by atoms with Gasteiger partial charge in [0.2, 0.25) is 5.91 Å². The van der Waals surface area contributed by atoms with Gasteiger partial charge in [-0.3, -0.25) is 4.79 Å². The van der Waals surface area contributed by atoms with Gasteiger partial charge < -0.3 is 14.7 Å². The molecule has 0 aromatic carbocycles. The summed E-state index contributed by atoms with van der Waals surface area (Å²) in [4.78, 5) is 23.9. The molecule has 1 heterocycles. The van der Waals surface area contributed by atoms with Crippen molar-refractivity contribution in [2.24, 2.45) is 0 Å². The van der Waals surface area contributed by atoms with Gasteiger partial charge in [-0.15, -0.1) is 0 Å². The second-order valence-corrected chi connectivity index (χ2v) is 4.09. The highest BCUT2D eigenvalue weighted by atomic mass is 16.5. The Kier molecular flexibility index (Phi) is 5.25. The number of amides is 1. The lowest BCUT2D eigenvalue weighted by molar-refractivity contribution is -0.152. The highest BCUT2D eigenvalue weighted by molar-refractivity contribution is 5.78. The number of ether oxygens (including phenoxy) is 1. The number of likely N-dealkylation sites (tertiary alicyclic amines) is 1. The minimum Gasteiger partial charge on any atom is -0.479 e. The molecule has 1 amide bonds. The molecule has 0 unspecified atom stereocenters. The maximum absolute atomic E-state index is 11.7. The van der Waals surface area contributed by atoms with Gasteiger partial charge in [0, 0.05) is 13.1 Å². The zero-order chi connectivity index (χ0) is 12.0. The second-order valence-electron chi connectivity index (χ2n) is 4.09. The van der Waals surface area contributed by atoms with Gasteiger partial charge >= 0.3 is 5.97 Å². The van der Waals surface area contributed by atoms with Gasteiger partial charge in [0.05, 0.1) is 0 Å². The number of carbonyl (C=O) groups is 2. The molecule has 0 aromatic rings. The van der Waals surface area contributed by atoms with Gasteiger partial charge in [-0.05, 0) is 19.8 Å². The topological polar surface area (TPSA) is 66.8 Å². The molecule has 0 spiro atoms. The van der Waals surface area contributed by atoms with Crippen molar-refractivity contribution in [2.45, 2.75) is 38.7 Å². The van der Waals surface area contributed by atoms with E-state index in [4.69, 9.17) is 9.84 Å². The monoisotopic (exact) mass is 229 g/mol. The Hall–Kier alpha value is -1.10. The van der Waals surface area contributed by atoms with Crippen LogP contribution < -0.4 is 0 Å². The molecular formula is C11H19NO4. The second kappa shape index (κ2) is 6.48. The summed E-state index contributed by atoms with van der Waals surface area (Å²) in [6.45, 7) is 2.83. The molecule has 0 saturated carbocycles. The number of aliphatic carboxylic acids is 1. The van der Waals surface area contributed by atoms with Gasteiger partial charge in [-0.2, -0.15) is 0 Å². The van der Waals surface area contributed by atoms with Crippen molar-refractivity contribution in [3.05, 3.63) is 0 Å². The van der Waals surface area contributed by atoms with Gasteiger partial charge in [0.25, 0.3) is 0 Å². The fourth-order valence-electron chi connectivity index (χ4n) is 1.68. The van der Waals surface area contributed by atoms with E-state index in [9.17, 15) is 9.59 Å². The van der Waals surface area contributed by atoms with Crippen molar-refractivity contribution in [2.75, 3.05) is 19.7 Å². The van der Waals surface area contributed by atoms with Crippen LogP contribution >= 0.6 is 0 Å². The number of carboxylic acid groups (broad SMARTS) is 1. The van der Waals surface area contributed by atoms with Crippen LogP contribution in [-0.4, -0.2) is 47.7 Å². The standard InChI is InChI=1S/C11H19NO4/c1-9(11(14)15)16-8-10(13)12-6-4-2-3-5-7-12/h9H,2-8H2,1H3,(H,14,15)/t9-/m0/s1. The molecule has 1 atom stereocenters. The van der Waals surface area contributed by atoms with E-state index in [1.807, 2.05) is 0 Å². The first-order chi connectivity index (χ1) is 7.61. The predicted molar refractivity (Wildman–Crippen MR) is 58.1 cm³/mol. The summed E-state index contributed by atoms with van der Waals surface area (Å²) >= 11 is 0. The number of carboxylic acids is 1. The normalized spacial score (nSPS) is 18.9. The summed E-state index contributed by atoms with van der Waals surface area (Å²) in [5.74, 6) is -1.14. The van der Waals surface area contributed by atoms with E-state index in [2.05, 4.69) is 0 Å². The zero-order valence-electron chi connectivity index (χ0n) is 9.65. The van der Waals surface area contributed by atoms with Crippen molar-refractivity contribution >= 4 is 11.9 Å². The molecule has 0 aromatic heterocycles. The molecule has 5 heteroatoms. The SMILES string of the molecule is C[C@H](OCC(=O)N1CCCCCC1)C(=O)O. The Balaban J connectivity index is 2.30. The van der Waals surface area contributed by atoms with Crippen molar-refractivity contribution in [1.82, 2.24) is 4.90 Å². The molecule has 1 rings (SSSR count). The van der Waals surface area contributed by atoms with Gasteiger partial charge in [0.1, 0.15) is 6.61 Å². The Morgan fingerprint density at radius 2 is 1.81 bits per heavy atom. The number of nitrogens with zero attached hydrogens (tertiary/aromatic N) is 1. The van der Waals surface area contributed by atoms with Crippen LogP contribution in [0.4, 0.5) is 0 Å². The third kappa shape index (κ3) is 4.18. The van der Waals surface area contributed by atoms with Gasteiger partial charge in [-0.25, -0.2) is 4.79 Å². The fourth-order valence-corrected chi connectivity index (χ4v) is 1.68. The Labute approximate surface area is 95.4 Å². The summed E-state index contributed by atoms with van der Waals surface area (Å²) in [5.41, 5.74) is 0. The van der Waals surface area contributed by atoms with E-state index in [0.29, 0.717) is 0 Å². The molecular weight excluding hydrogens is 210 g/mol. The van der Waals surface area contributed by atoms with Gasteiger partial charge in [-0.1, -0.05) is 12.8 Å². The minimum atomic E-state index is -1.04. The lowest BCUT2D eigenvalue weighted by Crippen LogP contribution is -2.36. The Morgan fingerprint density at radius 1 is 1.25 bits per heavy atom. The molecule has 0 bridgehead atoms.